The molecule has 2 aliphatic rings. The number of nitrogens with zero attached hydrogens (tertiary/aromatic N) is 4. The molecule has 2 atom stereocenters. The minimum atomic E-state index is -0.846. The molecule has 2 aliphatic heterocycles. The Hall–Kier alpha value is -3.81. The number of methoxy groups -OCH3 is 1. The zero-order valence-corrected chi connectivity index (χ0v) is 18.9. The number of amidine groups is 1. The van der Waals surface area contributed by atoms with Gasteiger partial charge in [0.05, 0.1) is 31.4 Å². The molecule has 1 unspecified atom stereocenters. The van der Waals surface area contributed by atoms with Crippen LogP contribution in [-0.4, -0.2) is 40.0 Å². The molecule has 8 heteroatoms. The van der Waals surface area contributed by atoms with E-state index in [2.05, 4.69) is 15.0 Å². The quantitative estimate of drug-likeness (QED) is 0.584. The van der Waals surface area contributed by atoms with E-state index in [4.69, 9.17) is 14.3 Å². The zero-order valence-electron chi connectivity index (χ0n) is 18.9. The summed E-state index contributed by atoms with van der Waals surface area (Å²) in [6, 6.07) is 12.2. The van der Waals surface area contributed by atoms with Crippen LogP contribution in [0.25, 0.3) is 11.8 Å². The highest BCUT2D eigenvalue weighted by Gasteiger charge is 2.48. The average Bonchev–Trinajstić information content (AvgIpc) is 3.38. The van der Waals surface area contributed by atoms with Gasteiger partial charge in [-0.25, -0.2) is 9.37 Å². The SMILES string of the molecule is COc1cc(/C=C2\O[C@@H](C)CN3C2=NOC3(C)c2ccc(F)cc2)ccc1-n1cnc(C)c1. The third-order valence-electron chi connectivity index (χ3n) is 5.94. The van der Waals surface area contributed by atoms with Gasteiger partial charge in [-0.1, -0.05) is 23.4 Å². The molecule has 5 rings (SSSR count). The number of rotatable bonds is 4. The van der Waals surface area contributed by atoms with Crippen molar-refractivity contribution >= 4 is 11.9 Å². The first kappa shape index (κ1) is 21.1. The summed E-state index contributed by atoms with van der Waals surface area (Å²) in [6.07, 6.45) is 5.54. The highest BCUT2D eigenvalue weighted by molar-refractivity contribution is 6.01. The maximum Gasteiger partial charge on any atom is 0.234 e. The van der Waals surface area contributed by atoms with Crippen LogP contribution >= 0.6 is 0 Å². The number of morpholine rings is 1. The van der Waals surface area contributed by atoms with Crippen molar-refractivity contribution in [3.05, 3.63) is 83.4 Å². The van der Waals surface area contributed by atoms with Crippen LogP contribution in [0.15, 0.2) is 65.9 Å². The normalized spacial score (nSPS) is 23.1. The molecule has 7 nitrogen and oxygen atoms in total. The van der Waals surface area contributed by atoms with Crippen molar-refractivity contribution in [3.8, 4) is 11.4 Å². The van der Waals surface area contributed by atoms with E-state index in [1.807, 2.05) is 55.8 Å². The van der Waals surface area contributed by atoms with E-state index in [1.54, 1.807) is 25.6 Å². The molecule has 1 fully saturated rings. The fraction of sp³-hybridized carbons (Fsp3) is 0.280. The predicted octanol–water partition coefficient (Wildman–Crippen LogP) is 4.61. The molecule has 0 amide bonds. The standard InChI is InChI=1S/C25H25FN4O3/c1-16-13-29(15-27-16)21-10-5-18(11-22(21)31-4)12-23-24-28-33-25(3,30(24)14-17(2)32-23)19-6-8-20(26)9-7-19/h5-13,15,17H,14H2,1-4H3/b23-12-/t17-,25?/m0/s1. The van der Waals surface area contributed by atoms with Gasteiger partial charge in [-0.05, 0) is 49.8 Å². The number of hydrogen-bond donors (Lipinski definition) is 0. The fourth-order valence-corrected chi connectivity index (χ4v) is 4.20. The highest BCUT2D eigenvalue weighted by atomic mass is 19.1. The summed E-state index contributed by atoms with van der Waals surface area (Å²) in [5.41, 5.74) is 2.69. The van der Waals surface area contributed by atoms with Crippen molar-refractivity contribution in [1.82, 2.24) is 14.5 Å². The van der Waals surface area contributed by atoms with E-state index < -0.39 is 5.72 Å². The molecule has 0 N–H and O–H groups in total. The topological polar surface area (TPSA) is 61.1 Å². The number of imidazole rings is 1. The van der Waals surface area contributed by atoms with Gasteiger partial charge >= 0.3 is 0 Å². The van der Waals surface area contributed by atoms with Crippen LogP contribution in [0, 0.1) is 12.7 Å². The minimum absolute atomic E-state index is 0.0910. The molecule has 0 spiro atoms. The molecule has 170 valence electrons. The first-order valence-electron chi connectivity index (χ1n) is 10.7. The number of halogens is 1. The monoisotopic (exact) mass is 448 g/mol. The Morgan fingerprint density at radius 1 is 1.21 bits per heavy atom. The van der Waals surface area contributed by atoms with Crippen molar-refractivity contribution in [2.24, 2.45) is 5.16 Å². The number of hydrogen-bond acceptors (Lipinski definition) is 6. The van der Waals surface area contributed by atoms with Crippen LogP contribution in [0.4, 0.5) is 4.39 Å². The number of fused-ring (bicyclic) bond motifs is 1. The summed E-state index contributed by atoms with van der Waals surface area (Å²) in [6.45, 7) is 6.46. The first-order chi connectivity index (χ1) is 15.9. The van der Waals surface area contributed by atoms with Crippen molar-refractivity contribution in [2.45, 2.75) is 32.6 Å². The zero-order chi connectivity index (χ0) is 23.2. The minimum Gasteiger partial charge on any atom is -0.495 e. The molecule has 3 heterocycles. The van der Waals surface area contributed by atoms with Gasteiger partial charge in [0.25, 0.3) is 0 Å². The molecular formula is C25H25FN4O3. The van der Waals surface area contributed by atoms with Gasteiger partial charge in [-0.15, -0.1) is 0 Å². The maximum absolute atomic E-state index is 13.5. The van der Waals surface area contributed by atoms with E-state index >= 15 is 0 Å². The predicted molar refractivity (Wildman–Crippen MR) is 122 cm³/mol. The Labute approximate surface area is 191 Å². The van der Waals surface area contributed by atoms with Gasteiger partial charge in [0.2, 0.25) is 11.6 Å². The van der Waals surface area contributed by atoms with Gasteiger partial charge in [0.15, 0.2) is 5.76 Å². The fourth-order valence-electron chi connectivity index (χ4n) is 4.20. The molecule has 3 aromatic rings. The average molecular weight is 448 g/mol. The molecule has 2 aromatic carbocycles. The number of ether oxygens (including phenoxy) is 2. The Kier molecular flexibility index (Phi) is 5.08. The van der Waals surface area contributed by atoms with Crippen LogP contribution in [0.1, 0.15) is 30.7 Å². The number of oxime groups is 1. The third kappa shape index (κ3) is 3.71. The molecule has 0 aliphatic carbocycles. The summed E-state index contributed by atoms with van der Waals surface area (Å²) in [7, 11) is 1.64. The number of aryl methyl sites for hydroxylation is 1. The van der Waals surface area contributed by atoms with E-state index in [9.17, 15) is 4.39 Å². The van der Waals surface area contributed by atoms with E-state index in [1.165, 1.54) is 12.1 Å². The first-order valence-corrected chi connectivity index (χ1v) is 10.7. The summed E-state index contributed by atoms with van der Waals surface area (Å²) < 4.78 is 27.2. The van der Waals surface area contributed by atoms with Gasteiger partial charge < -0.3 is 23.8 Å². The van der Waals surface area contributed by atoms with Gasteiger partial charge in [0.1, 0.15) is 17.7 Å². The van der Waals surface area contributed by atoms with Crippen LogP contribution in [0.5, 0.6) is 5.75 Å². The lowest BCUT2D eigenvalue weighted by Gasteiger charge is -2.39. The number of benzene rings is 2. The van der Waals surface area contributed by atoms with Gasteiger partial charge in [-0.3, -0.25) is 0 Å². The van der Waals surface area contributed by atoms with Crippen molar-refractivity contribution in [1.29, 1.82) is 0 Å². The van der Waals surface area contributed by atoms with Gasteiger partial charge in [0, 0.05) is 18.7 Å². The second-order valence-corrected chi connectivity index (χ2v) is 8.40. The number of aromatic nitrogens is 2. The van der Waals surface area contributed by atoms with Crippen molar-refractivity contribution in [3.63, 3.8) is 0 Å². The van der Waals surface area contributed by atoms with Crippen molar-refractivity contribution < 1.29 is 18.7 Å². The Morgan fingerprint density at radius 2 is 2.00 bits per heavy atom. The van der Waals surface area contributed by atoms with Crippen molar-refractivity contribution in [2.75, 3.05) is 13.7 Å². The molecule has 0 bridgehead atoms. The highest BCUT2D eigenvalue weighted by Crippen LogP contribution is 2.39. The van der Waals surface area contributed by atoms with E-state index in [0.29, 0.717) is 23.9 Å². The molecule has 0 radical (unpaired) electrons. The molecule has 0 saturated carbocycles. The summed E-state index contributed by atoms with van der Waals surface area (Å²) in [5, 5.41) is 4.34. The summed E-state index contributed by atoms with van der Waals surface area (Å²) in [4.78, 5) is 12.2. The lowest BCUT2D eigenvalue weighted by molar-refractivity contribution is -0.104. The lowest BCUT2D eigenvalue weighted by atomic mass is 10.0. The van der Waals surface area contributed by atoms with E-state index in [-0.39, 0.29) is 11.9 Å². The molecular weight excluding hydrogens is 423 g/mol. The molecule has 33 heavy (non-hydrogen) atoms. The van der Waals surface area contributed by atoms with Crippen LogP contribution < -0.4 is 4.74 Å². The second-order valence-electron chi connectivity index (χ2n) is 8.40. The third-order valence-corrected chi connectivity index (χ3v) is 5.94. The summed E-state index contributed by atoms with van der Waals surface area (Å²) in [5.74, 6) is 1.63. The second kappa shape index (κ2) is 7.95. The van der Waals surface area contributed by atoms with Gasteiger partial charge in [-0.2, -0.15) is 0 Å². The molecule has 1 aromatic heterocycles. The Morgan fingerprint density at radius 3 is 2.70 bits per heavy atom. The van der Waals surface area contributed by atoms with E-state index in [0.717, 1.165) is 22.5 Å². The smallest absolute Gasteiger partial charge is 0.234 e. The largest absolute Gasteiger partial charge is 0.495 e. The van der Waals surface area contributed by atoms with Crippen LogP contribution in [0.2, 0.25) is 0 Å². The van der Waals surface area contributed by atoms with Crippen LogP contribution in [0.3, 0.4) is 0 Å². The maximum atomic E-state index is 13.5. The Bertz CT molecular complexity index is 1250. The summed E-state index contributed by atoms with van der Waals surface area (Å²) >= 11 is 0. The molecule has 1 saturated heterocycles. The lowest BCUT2D eigenvalue weighted by Crippen LogP contribution is -2.51. The van der Waals surface area contributed by atoms with Crippen LogP contribution in [-0.2, 0) is 15.3 Å². The Balaban J connectivity index is 1.48.